The van der Waals surface area contributed by atoms with Gasteiger partial charge in [0, 0.05) is 17.1 Å². The average Bonchev–Trinajstić information content (AvgIpc) is 3.33. The number of carbonyl (C=O) groups is 2. The third-order valence-corrected chi connectivity index (χ3v) is 8.64. The molecule has 0 bridgehead atoms. The minimum Gasteiger partial charge on any atom is -0.480 e. The van der Waals surface area contributed by atoms with Crippen molar-refractivity contribution in [2.24, 2.45) is 0 Å². The highest BCUT2D eigenvalue weighted by Gasteiger charge is 2.33. The molecule has 5 aromatic rings. The van der Waals surface area contributed by atoms with Crippen LogP contribution in [0.25, 0.3) is 17.7 Å². The molecule has 1 saturated heterocycles. The van der Waals surface area contributed by atoms with Crippen molar-refractivity contribution in [1.82, 2.24) is 4.90 Å². The lowest BCUT2D eigenvalue weighted by molar-refractivity contribution is -0.140. The summed E-state index contributed by atoms with van der Waals surface area (Å²) in [5, 5.41) is 9.11. The van der Waals surface area contributed by atoms with Crippen LogP contribution in [0.3, 0.4) is 0 Å². The Kier molecular flexibility index (Phi) is 9.01. The van der Waals surface area contributed by atoms with Crippen molar-refractivity contribution < 1.29 is 14.7 Å². The van der Waals surface area contributed by atoms with Crippen LogP contribution in [0.1, 0.15) is 22.3 Å². The molecule has 45 heavy (non-hydrogen) atoms. The number of hydrogen-bond donors (Lipinski definition) is 1. The second kappa shape index (κ2) is 13.6. The quantitative estimate of drug-likeness (QED) is 0.100. The largest absolute Gasteiger partial charge is 0.480 e. The summed E-state index contributed by atoms with van der Waals surface area (Å²) in [6, 6.07) is 47.4. The van der Waals surface area contributed by atoms with Gasteiger partial charge in [0.2, 0.25) is 0 Å². The summed E-state index contributed by atoms with van der Waals surface area (Å²) in [6.07, 6.45) is 3.96. The molecular weight excluding hydrogens is 597 g/mol. The monoisotopic (exact) mass is 624 g/mol. The number of benzene rings is 5. The van der Waals surface area contributed by atoms with Crippen LogP contribution in [-0.4, -0.2) is 32.7 Å². The Morgan fingerprint density at radius 1 is 0.689 bits per heavy atom. The Bertz CT molecular complexity index is 1850. The number of thiocarbonyl (C=S) groups is 1. The van der Waals surface area contributed by atoms with Crippen LogP contribution >= 0.6 is 24.0 Å². The van der Waals surface area contributed by atoms with Crippen LogP contribution < -0.4 is 4.90 Å². The molecule has 0 spiro atoms. The minimum atomic E-state index is -1.10. The third kappa shape index (κ3) is 6.96. The van der Waals surface area contributed by atoms with Crippen LogP contribution in [0.4, 0.5) is 17.1 Å². The molecule has 1 heterocycles. The van der Waals surface area contributed by atoms with Gasteiger partial charge < -0.3 is 10.0 Å². The molecule has 7 heteroatoms. The molecule has 1 aliphatic heterocycles. The number of carboxylic acid groups (broad SMARTS) is 1. The summed E-state index contributed by atoms with van der Waals surface area (Å²) in [7, 11) is 0. The van der Waals surface area contributed by atoms with E-state index in [1.165, 1.54) is 0 Å². The molecule has 6 rings (SSSR count). The van der Waals surface area contributed by atoms with Crippen LogP contribution in [0.2, 0.25) is 0 Å². The summed E-state index contributed by atoms with van der Waals surface area (Å²) in [6.45, 7) is -0.443. The van der Waals surface area contributed by atoms with Crippen molar-refractivity contribution >= 4 is 75.0 Å². The van der Waals surface area contributed by atoms with Crippen LogP contribution in [0.5, 0.6) is 0 Å². The highest BCUT2D eigenvalue weighted by Crippen LogP contribution is 2.37. The van der Waals surface area contributed by atoms with E-state index in [4.69, 9.17) is 17.3 Å². The molecule has 5 aromatic carbocycles. The first-order valence-electron chi connectivity index (χ1n) is 14.3. The van der Waals surface area contributed by atoms with Crippen LogP contribution in [0.15, 0.2) is 144 Å². The second-order valence-electron chi connectivity index (χ2n) is 10.3. The van der Waals surface area contributed by atoms with Gasteiger partial charge in [-0.25, -0.2) is 0 Å². The maximum Gasteiger partial charge on any atom is 0.323 e. The number of aliphatic carboxylic acids is 1. The summed E-state index contributed by atoms with van der Waals surface area (Å²) >= 11 is 6.34. The minimum absolute atomic E-state index is 0.249. The van der Waals surface area contributed by atoms with Crippen LogP contribution in [-0.2, 0) is 9.59 Å². The van der Waals surface area contributed by atoms with Gasteiger partial charge >= 0.3 is 5.97 Å². The lowest BCUT2D eigenvalue weighted by Crippen LogP contribution is -2.33. The van der Waals surface area contributed by atoms with E-state index in [9.17, 15) is 9.59 Å². The number of carboxylic acids is 1. The molecule has 1 N–H and O–H groups in total. The molecule has 220 valence electrons. The van der Waals surface area contributed by atoms with Gasteiger partial charge in [-0.05, 0) is 76.4 Å². The predicted molar refractivity (Wildman–Crippen MR) is 188 cm³/mol. The van der Waals surface area contributed by atoms with E-state index in [1.54, 1.807) is 6.08 Å². The molecule has 0 unspecified atom stereocenters. The standard InChI is InChI=1S/C38H28N2O3S2/c41-36(42)26-39-37(43)35(45-38(39)44)25-28-18-22-33(23-19-28)40(31-14-8-3-9-15-31)32-20-16-27(17-21-32)24-34(29-10-4-1-5-11-29)30-12-6-2-7-13-30/h1-25H,26H2,(H,41,42). The van der Waals surface area contributed by atoms with Crippen molar-refractivity contribution in [3.05, 3.63) is 167 Å². The Morgan fingerprint density at radius 2 is 1.16 bits per heavy atom. The number of nitrogens with zero attached hydrogens (tertiary/aromatic N) is 2. The topological polar surface area (TPSA) is 60.9 Å². The summed E-state index contributed by atoms with van der Waals surface area (Å²) in [5.74, 6) is -1.49. The van der Waals surface area contributed by atoms with Crippen molar-refractivity contribution in [2.75, 3.05) is 11.4 Å². The Balaban J connectivity index is 1.30. The first-order chi connectivity index (χ1) is 22.0. The fourth-order valence-corrected chi connectivity index (χ4v) is 6.38. The first-order valence-corrected chi connectivity index (χ1v) is 15.5. The van der Waals surface area contributed by atoms with E-state index in [1.807, 2.05) is 54.6 Å². The number of amides is 1. The van der Waals surface area contributed by atoms with Gasteiger partial charge in [-0.3, -0.25) is 14.5 Å². The molecule has 1 fully saturated rings. The van der Waals surface area contributed by atoms with E-state index >= 15 is 0 Å². The highest BCUT2D eigenvalue weighted by atomic mass is 32.2. The number of hydrogen-bond acceptors (Lipinski definition) is 5. The smallest absolute Gasteiger partial charge is 0.323 e. The Hall–Kier alpha value is -5.24. The molecule has 0 aromatic heterocycles. The zero-order valence-electron chi connectivity index (χ0n) is 24.1. The Labute approximate surface area is 271 Å². The van der Waals surface area contributed by atoms with Gasteiger partial charge in [0.05, 0.1) is 4.91 Å². The average molecular weight is 625 g/mol. The molecule has 0 radical (unpaired) electrons. The maximum absolute atomic E-state index is 12.7. The zero-order valence-corrected chi connectivity index (χ0v) is 25.7. The van der Waals surface area contributed by atoms with Gasteiger partial charge in [-0.2, -0.15) is 0 Å². The SMILES string of the molecule is O=C(O)CN1C(=O)C(=Cc2ccc(N(c3ccccc3)c3ccc(C=C(c4ccccc4)c4ccccc4)cc3)cc2)SC1=S. The molecule has 1 amide bonds. The first kappa shape index (κ1) is 29.8. The van der Waals surface area contributed by atoms with E-state index in [2.05, 4.69) is 95.9 Å². The van der Waals surface area contributed by atoms with E-state index in [-0.39, 0.29) is 10.2 Å². The van der Waals surface area contributed by atoms with Crippen LogP contribution in [0, 0.1) is 0 Å². The fraction of sp³-hybridized carbons (Fsp3) is 0.0263. The fourth-order valence-electron chi connectivity index (χ4n) is 5.12. The summed E-state index contributed by atoms with van der Waals surface area (Å²) in [4.78, 5) is 27.6. The maximum atomic E-state index is 12.7. The number of thioether (sulfide) groups is 1. The molecular formula is C38H28N2O3S2. The van der Waals surface area contributed by atoms with Gasteiger partial charge in [-0.1, -0.05) is 127 Å². The number of carbonyl (C=O) groups excluding carboxylic acids is 1. The van der Waals surface area contributed by atoms with Crippen molar-refractivity contribution in [3.8, 4) is 0 Å². The number of rotatable bonds is 9. The third-order valence-electron chi connectivity index (χ3n) is 7.26. The van der Waals surface area contributed by atoms with E-state index in [0.29, 0.717) is 4.91 Å². The molecule has 0 atom stereocenters. The number of anilines is 3. The van der Waals surface area contributed by atoms with Gasteiger partial charge in [0.1, 0.15) is 10.9 Å². The van der Waals surface area contributed by atoms with Gasteiger partial charge in [-0.15, -0.1) is 0 Å². The normalized spacial score (nSPS) is 13.6. The lowest BCUT2D eigenvalue weighted by atomic mass is 9.95. The van der Waals surface area contributed by atoms with Crippen molar-refractivity contribution in [1.29, 1.82) is 0 Å². The highest BCUT2D eigenvalue weighted by molar-refractivity contribution is 8.26. The molecule has 0 saturated carbocycles. The van der Waals surface area contributed by atoms with Gasteiger partial charge in [0.15, 0.2) is 0 Å². The Morgan fingerprint density at radius 3 is 1.67 bits per heavy atom. The van der Waals surface area contributed by atoms with Crippen molar-refractivity contribution in [2.45, 2.75) is 0 Å². The number of para-hydroxylation sites is 1. The molecule has 1 aliphatic rings. The molecule has 0 aliphatic carbocycles. The molecule has 5 nitrogen and oxygen atoms in total. The predicted octanol–water partition coefficient (Wildman–Crippen LogP) is 9.03. The summed E-state index contributed by atoms with van der Waals surface area (Å²) in [5.41, 5.74) is 8.33. The van der Waals surface area contributed by atoms with E-state index < -0.39 is 12.5 Å². The lowest BCUT2D eigenvalue weighted by Gasteiger charge is -2.25. The van der Waals surface area contributed by atoms with Gasteiger partial charge in [0.25, 0.3) is 5.91 Å². The van der Waals surface area contributed by atoms with E-state index in [0.717, 1.165) is 61.6 Å². The zero-order chi connectivity index (χ0) is 31.2. The van der Waals surface area contributed by atoms with Crippen molar-refractivity contribution in [3.63, 3.8) is 0 Å². The second-order valence-corrected chi connectivity index (χ2v) is 12.0. The summed E-state index contributed by atoms with van der Waals surface area (Å²) < 4.78 is 0.249.